The molecular weight excluding hydrogens is 334 g/mol. The maximum absolute atomic E-state index is 12.5. The van der Waals surface area contributed by atoms with Gasteiger partial charge >= 0.3 is 0 Å². The maximum atomic E-state index is 12.5. The van der Waals surface area contributed by atoms with Gasteiger partial charge in [-0.25, -0.2) is 0 Å². The van der Waals surface area contributed by atoms with Crippen molar-refractivity contribution < 1.29 is 4.79 Å². The molecule has 0 radical (unpaired) electrons. The van der Waals surface area contributed by atoms with Gasteiger partial charge in [0.15, 0.2) is 0 Å². The SMILES string of the molecule is CCC(C(=O)NCCN1CCN(c2cccc(C)c2)CC1)c1ccccc1. The second-order valence-electron chi connectivity index (χ2n) is 7.33. The Bertz CT molecular complexity index is 723. The smallest absolute Gasteiger partial charge is 0.227 e. The van der Waals surface area contributed by atoms with Crippen molar-refractivity contribution in [3.63, 3.8) is 0 Å². The Hall–Kier alpha value is -2.33. The van der Waals surface area contributed by atoms with E-state index in [0.717, 1.165) is 44.7 Å². The molecule has 2 aromatic rings. The van der Waals surface area contributed by atoms with Gasteiger partial charge < -0.3 is 10.2 Å². The Morgan fingerprint density at radius 1 is 1.04 bits per heavy atom. The van der Waals surface area contributed by atoms with Crippen molar-refractivity contribution in [2.24, 2.45) is 0 Å². The molecule has 1 atom stereocenters. The number of aryl methyl sites for hydroxylation is 1. The van der Waals surface area contributed by atoms with Gasteiger partial charge in [-0.05, 0) is 36.6 Å². The molecule has 1 fully saturated rings. The molecule has 144 valence electrons. The number of piperazine rings is 1. The standard InChI is InChI=1S/C23H31N3O/c1-3-22(20-9-5-4-6-10-20)23(27)24-12-13-25-14-16-26(17-15-25)21-11-7-8-19(2)18-21/h4-11,18,22H,3,12-17H2,1-2H3,(H,24,27). The average Bonchev–Trinajstić information content (AvgIpc) is 2.70. The van der Waals surface area contributed by atoms with E-state index in [1.165, 1.54) is 11.3 Å². The van der Waals surface area contributed by atoms with Gasteiger partial charge in [0.25, 0.3) is 0 Å². The summed E-state index contributed by atoms with van der Waals surface area (Å²) in [7, 11) is 0. The number of hydrogen-bond donors (Lipinski definition) is 1. The van der Waals surface area contributed by atoms with Crippen LogP contribution in [-0.2, 0) is 4.79 Å². The van der Waals surface area contributed by atoms with E-state index in [4.69, 9.17) is 0 Å². The molecular formula is C23H31N3O. The summed E-state index contributed by atoms with van der Waals surface area (Å²) in [5.74, 6) is 0.0893. The fourth-order valence-electron chi connectivity index (χ4n) is 3.77. The van der Waals surface area contributed by atoms with Crippen LogP contribution in [0.15, 0.2) is 54.6 Å². The molecule has 3 rings (SSSR count). The summed E-state index contributed by atoms with van der Waals surface area (Å²) in [5.41, 5.74) is 3.72. The molecule has 1 unspecified atom stereocenters. The summed E-state index contributed by atoms with van der Waals surface area (Å²) in [4.78, 5) is 17.4. The van der Waals surface area contributed by atoms with E-state index in [-0.39, 0.29) is 11.8 Å². The van der Waals surface area contributed by atoms with Gasteiger partial charge in [-0.1, -0.05) is 49.4 Å². The monoisotopic (exact) mass is 365 g/mol. The van der Waals surface area contributed by atoms with E-state index in [1.807, 2.05) is 30.3 Å². The number of hydrogen-bond acceptors (Lipinski definition) is 3. The first-order chi connectivity index (χ1) is 13.2. The fourth-order valence-corrected chi connectivity index (χ4v) is 3.77. The van der Waals surface area contributed by atoms with Crippen LogP contribution in [0, 0.1) is 6.92 Å². The van der Waals surface area contributed by atoms with Crippen molar-refractivity contribution in [2.45, 2.75) is 26.2 Å². The molecule has 4 nitrogen and oxygen atoms in total. The van der Waals surface area contributed by atoms with E-state index in [0.29, 0.717) is 6.54 Å². The minimum atomic E-state index is -0.0515. The first kappa shape index (κ1) is 19.4. The zero-order valence-corrected chi connectivity index (χ0v) is 16.5. The summed E-state index contributed by atoms with van der Waals surface area (Å²) >= 11 is 0. The molecule has 1 N–H and O–H groups in total. The zero-order chi connectivity index (χ0) is 19.1. The third kappa shape index (κ3) is 5.33. The number of amides is 1. The molecule has 4 heteroatoms. The Labute approximate surface area is 163 Å². The molecule has 0 bridgehead atoms. The van der Waals surface area contributed by atoms with Crippen molar-refractivity contribution >= 4 is 11.6 Å². The molecule has 1 saturated heterocycles. The molecule has 0 spiro atoms. The number of carbonyl (C=O) groups is 1. The normalized spacial score (nSPS) is 16.1. The quantitative estimate of drug-likeness (QED) is 0.817. The molecule has 1 aliphatic heterocycles. The van der Waals surface area contributed by atoms with Crippen molar-refractivity contribution in [3.8, 4) is 0 Å². The topological polar surface area (TPSA) is 35.6 Å². The summed E-state index contributed by atoms with van der Waals surface area (Å²) in [6.45, 7) is 10.0. The van der Waals surface area contributed by atoms with Crippen LogP contribution in [0.2, 0.25) is 0 Å². The lowest BCUT2D eigenvalue weighted by Crippen LogP contribution is -2.48. The summed E-state index contributed by atoms with van der Waals surface area (Å²) in [6, 6.07) is 18.8. The van der Waals surface area contributed by atoms with E-state index >= 15 is 0 Å². The molecule has 0 aromatic heterocycles. The molecule has 1 aliphatic rings. The predicted octanol–water partition coefficient (Wildman–Crippen LogP) is 3.43. The minimum Gasteiger partial charge on any atom is -0.369 e. The van der Waals surface area contributed by atoms with Crippen LogP contribution in [0.5, 0.6) is 0 Å². The lowest BCUT2D eigenvalue weighted by molar-refractivity contribution is -0.122. The third-order valence-corrected chi connectivity index (χ3v) is 5.39. The number of anilines is 1. The summed E-state index contributed by atoms with van der Waals surface area (Å²) in [5, 5.41) is 3.14. The van der Waals surface area contributed by atoms with Crippen LogP contribution >= 0.6 is 0 Å². The van der Waals surface area contributed by atoms with Gasteiger partial charge in [0, 0.05) is 45.0 Å². The Morgan fingerprint density at radius 3 is 2.44 bits per heavy atom. The van der Waals surface area contributed by atoms with E-state index in [1.54, 1.807) is 0 Å². The van der Waals surface area contributed by atoms with Crippen LogP contribution in [-0.4, -0.2) is 50.1 Å². The van der Waals surface area contributed by atoms with Gasteiger partial charge in [-0.15, -0.1) is 0 Å². The molecule has 0 saturated carbocycles. The van der Waals surface area contributed by atoms with E-state index in [9.17, 15) is 4.79 Å². The van der Waals surface area contributed by atoms with Gasteiger partial charge in [-0.2, -0.15) is 0 Å². The number of nitrogens with zero attached hydrogens (tertiary/aromatic N) is 2. The van der Waals surface area contributed by atoms with Gasteiger partial charge in [0.1, 0.15) is 0 Å². The van der Waals surface area contributed by atoms with Crippen molar-refractivity contribution in [1.82, 2.24) is 10.2 Å². The average molecular weight is 366 g/mol. The number of nitrogens with one attached hydrogen (secondary N) is 1. The highest BCUT2D eigenvalue weighted by Crippen LogP contribution is 2.19. The minimum absolute atomic E-state index is 0.0515. The van der Waals surface area contributed by atoms with Crippen molar-refractivity contribution in [1.29, 1.82) is 0 Å². The lowest BCUT2D eigenvalue weighted by Gasteiger charge is -2.36. The molecule has 27 heavy (non-hydrogen) atoms. The van der Waals surface area contributed by atoms with Gasteiger partial charge in [0.05, 0.1) is 5.92 Å². The Morgan fingerprint density at radius 2 is 1.78 bits per heavy atom. The van der Waals surface area contributed by atoms with Gasteiger partial charge in [-0.3, -0.25) is 9.69 Å². The van der Waals surface area contributed by atoms with Gasteiger partial charge in [0.2, 0.25) is 5.91 Å². The first-order valence-corrected chi connectivity index (χ1v) is 10.0. The molecule has 1 amide bonds. The van der Waals surface area contributed by atoms with Crippen LogP contribution in [0.4, 0.5) is 5.69 Å². The lowest BCUT2D eigenvalue weighted by atomic mass is 9.96. The van der Waals surface area contributed by atoms with Crippen LogP contribution < -0.4 is 10.2 Å². The second kappa shape index (κ2) is 9.56. The summed E-state index contributed by atoms with van der Waals surface area (Å²) < 4.78 is 0. The predicted molar refractivity (Wildman–Crippen MR) is 112 cm³/mol. The highest BCUT2D eigenvalue weighted by Gasteiger charge is 2.20. The highest BCUT2D eigenvalue weighted by atomic mass is 16.1. The van der Waals surface area contributed by atoms with Crippen molar-refractivity contribution in [2.75, 3.05) is 44.2 Å². The zero-order valence-electron chi connectivity index (χ0n) is 16.5. The Kier molecular flexibility index (Phi) is 6.88. The van der Waals surface area contributed by atoms with Crippen LogP contribution in [0.25, 0.3) is 0 Å². The van der Waals surface area contributed by atoms with Crippen LogP contribution in [0.3, 0.4) is 0 Å². The highest BCUT2D eigenvalue weighted by molar-refractivity contribution is 5.83. The second-order valence-corrected chi connectivity index (χ2v) is 7.33. The van der Waals surface area contributed by atoms with Crippen molar-refractivity contribution in [3.05, 3.63) is 65.7 Å². The molecule has 1 heterocycles. The van der Waals surface area contributed by atoms with E-state index in [2.05, 4.69) is 53.2 Å². The van der Waals surface area contributed by atoms with Crippen LogP contribution in [0.1, 0.15) is 30.4 Å². The number of benzene rings is 2. The number of carbonyl (C=O) groups excluding carboxylic acids is 1. The summed E-state index contributed by atoms with van der Waals surface area (Å²) in [6.07, 6.45) is 0.824. The largest absolute Gasteiger partial charge is 0.369 e. The first-order valence-electron chi connectivity index (χ1n) is 10.0. The third-order valence-electron chi connectivity index (χ3n) is 5.39. The molecule has 0 aliphatic carbocycles. The van der Waals surface area contributed by atoms with E-state index < -0.39 is 0 Å². The number of rotatable bonds is 7. The fraction of sp³-hybridized carbons (Fsp3) is 0.435. The Balaban J connectivity index is 1.42. The maximum Gasteiger partial charge on any atom is 0.227 e. The molecule has 2 aromatic carbocycles.